The van der Waals surface area contributed by atoms with Gasteiger partial charge in [0.15, 0.2) is 0 Å². The molecule has 3 heteroatoms. The zero-order valence-corrected chi connectivity index (χ0v) is 13.7. The molecule has 4 aliphatic carbocycles. The van der Waals surface area contributed by atoms with E-state index in [1.807, 2.05) is 0 Å². The summed E-state index contributed by atoms with van der Waals surface area (Å²) in [6.07, 6.45) is 9.80. The van der Waals surface area contributed by atoms with Crippen molar-refractivity contribution in [2.24, 2.45) is 34.8 Å². The van der Waals surface area contributed by atoms with Crippen LogP contribution in [0, 0.1) is 29.1 Å². The number of nitrogens with two attached hydrogens (primary N) is 1. The van der Waals surface area contributed by atoms with Crippen molar-refractivity contribution in [1.29, 1.82) is 0 Å². The molecule has 0 spiro atoms. The van der Waals surface area contributed by atoms with Gasteiger partial charge in [-0.15, -0.1) is 0 Å². The van der Waals surface area contributed by atoms with Gasteiger partial charge in [0.25, 0.3) is 0 Å². The number of carbonyl (C=O) groups is 1. The third-order valence-electron chi connectivity index (χ3n) is 6.67. The van der Waals surface area contributed by atoms with Crippen LogP contribution in [0.2, 0.25) is 0 Å². The van der Waals surface area contributed by atoms with Crippen LogP contribution in [0.4, 0.5) is 0 Å². The summed E-state index contributed by atoms with van der Waals surface area (Å²) in [5.74, 6) is 3.34. The van der Waals surface area contributed by atoms with Gasteiger partial charge in [0, 0.05) is 18.0 Å². The fourth-order valence-corrected chi connectivity index (χ4v) is 5.85. The molecule has 1 atom stereocenters. The van der Waals surface area contributed by atoms with Gasteiger partial charge in [-0.1, -0.05) is 26.7 Å². The molecule has 4 aliphatic rings. The lowest BCUT2D eigenvalue weighted by molar-refractivity contribution is -0.146. The van der Waals surface area contributed by atoms with Crippen LogP contribution in [0.15, 0.2) is 0 Å². The Morgan fingerprint density at radius 3 is 2.00 bits per heavy atom. The van der Waals surface area contributed by atoms with E-state index in [0.717, 1.165) is 49.9 Å². The van der Waals surface area contributed by atoms with Crippen LogP contribution in [0.1, 0.15) is 65.2 Å². The highest BCUT2D eigenvalue weighted by Gasteiger charge is 2.54. The topological polar surface area (TPSA) is 55.1 Å². The van der Waals surface area contributed by atoms with E-state index in [2.05, 4.69) is 19.2 Å². The number of nitrogens with one attached hydrogen (secondary N) is 1. The average molecular weight is 292 g/mol. The van der Waals surface area contributed by atoms with E-state index >= 15 is 0 Å². The minimum atomic E-state index is -0.0254. The first-order valence-corrected chi connectivity index (χ1v) is 9.10. The van der Waals surface area contributed by atoms with Gasteiger partial charge >= 0.3 is 0 Å². The van der Waals surface area contributed by atoms with Crippen molar-refractivity contribution in [3.8, 4) is 0 Å². The molecule has 0 aromatic carbocycles. The van der Waals surface area contributed by atoms with Gasteiger partial charge in [-0.2, -0.15) is 0 Å². The normalized spacial score (nSPS) is 38.8. The summed E-state index contributed by atoms with van der Waals surface area (Å²) in [4.78, 5) is 12.8. The Kier molecular flexibility index (Phi) is 4.31. The van der Waals surface area contributed by atoms with Gasteiger partial charge in [-0.25, -0.2) is 0 Å². The van der Waals surface area contributed by atoms with Crippen molar-refractivity contribution >= 4 is 5.91 Å². The monoisotopic (exact) mass is 292 g/mol. The van der Waals surface area contributed by atoms with Crippen LogP contribution in [0.3, 0.4) is 0 Å². The minimum Gasteiger partial charge on any atom is -0.354 e. The van der Waals surface area contributed by atoms with Gasteiger partial charge in [0.2, 0.25) is 5.91 Å². The predicted molar refractivity (Wildman–Crippen MR) is 85.7 cm³/mol. The molecule has 0 radical (unpaired) electrons. The largest absolute Gasteiger partial charge is 0.354 e. The first kappa shape index (κ1) is 15.3. The third kappa shape index (κ3) is 2.86. The van der Waals surface area contributed by atoms with E-state index in [-0.39, 0.29) is 11.5 Å². The molecular formula is C18H32N2O. The van der Waals surface area contributed by atoms with E-state index < -0.39 is 0 Å². The van der Waals surface area contributed by atoms with E-state index in [1.54, 1.807) is 0 Å². The summed E-state index contributed by atoms with van der Waals surface area (Å²) in [5, 5.41) is 3.22. The Morgan fingerprint density at radius 2 is 1.57 bits per heavy atom. The highest BCUT2D eigenvalue weighted by molar-refractivity contribution is 5.83. The summed E-state index contributed by atoms with van der Waals surface area (Å²) >= 11 is 0. The molecule has 1 unspecified atom stereocenters. The minimum absolute atomic E-state index is 0.0254. The standard InChI is InChI=1S/C18H32N2O/c1-3-15(4-2)16(19)11-20-17(21)18-8-12-5-13(9-18)7-14(6-12)10-18/h12-16H,3-11,19H2,1-2H3,(H,20,21). The Labute approximate surface area is 129 Å². The molecule has 4 fully saturated rings. The Balaban J connectivity index is 1.58. The summed E-state index contributed by atoms with van der Waals surface area (Å²) in [6, 6.07) is 0.109. The highest BCUT2D eigenvalue weighted by Crippen LogP contribution is 2.60. The van der Waals surface area contributed by atoms with Crippen LogP contribution in [0.25, 0.3) is 0 Å². The molecular weight excluding hydrogens is 260 g/mol. The summed E-state index contributed by atoms with van der Waals surface area (Å²) in [7, 11) is 0. The number of hydrogen-bond donors (Lipinski definition) is 2. The molecule has 4 bridgehead atoms. The molecule has 0 saturated heterocycles. The highest BCUT2D eigenvalue weighted by atomic mass is 16.2. The van der Waals surface area contributed by atoms with Crippen LogP contribution < -0.4 is 11.1 Å². The van der Waals surface area contributed by atoms with E-state index in [1.165, 1.54) is 19.3 Å². The molecule has 3 nitrogen and oxygen atoms in total. The fourth-order valence-electron chi connectivity index (χ4n) is 5.85. The second-order valence-electron chi connectivity index (χ2n) is 8.15. The summed E-state index contributed by atoms with van der Waals surface area (Å²) < 4.78 is 0. The fraction of sp³-hybridized carbons (Fsp3) is 0.944. The van der Waals surface area contributed by atoms with E-state index in [4.69, 9.17) is 5.73 Å². The lowest BCUT2D eigenvalue weighted by atomic mass is 9.49. The Hall–Kier alpha value is -0.570. The molecule has 1 amide bonds. The van der Waals surface area contributed by atoms with Crippen molar-refractivity contribution in [1.82, 2.24) is 5.32 Å². The maximum absolute atomic E-state index is 12.8. The van der Waals surface area contributed by atoms with Crippen molar-refractivity contribution in [2.75, 3.05) is 6.54 Å². The van der Waals surface area contributed by atoms with Crippen molar-refractivity contribution in [2.45, 2.75) is 71.3 Å². The first-order valence-electron chi connectivity index (χ1n) is 9.10. The zero-order chi connectivity index (χ0) is 15.0. The molecule has 0 aromatic heterocycles. The third-order valence-corrected chi connectivity index (χ3v) is 6.67. The molecule has 3 N–H and O–H groups in total. The predicted octanol–water partition coefficient (Wildman–Crippen LogP) is 3.08. The van der Waals surface area contributed by atoms with Crippen molar-refractivity contribution in [3.05, 3.63) is 0 Å². The maximum atomic E-state index is 12.8. The second-order valence-corrected chi connectivity index (χ2v) is 8.15. The van der Waals surface area contributed by atoms with E-state index in [9.17, 15) is 4.79 Å². The number of carbonyl (C=O) groups excluding carboxylic acids is 1. The lowest BCUT2D eigenvalue weighted by Crippen LogP contribution is -2.55. The van der Waals surface area contributed by atoms with Crippen LogP contribution in [-0.2, 0) is 4.79 Å². The Morgan fingerprint density at radius 1 is 1.10 bits per heavy atom. The molecule has 4 rings (SSSR count). The molecule has 0 aromatic rings. The number of hydrogen-bond acceptors (Lipinski definition) is 2. The molecule has 4 saturated carbocycles. The molecule has 0 aliphatic heterocycles. The average Bonchev–Trinajstić information content (AvgIpc) is 2.44. The molecule has 21 heavy (non-hydrogen) atoms. The van der Waals surface area contributed by atoms with Crippen molar-refractivity contribution < 1.29 is 4.79 Å². The summed E-state index contributed by atoms with van der Waals surface area (Å²) in [6.45, 7) is 5.04. The van der Waals surface area contributed by atoms with Crippen LogP contribution in [-0.4, -0.2) is 18.5 Å². The molecule has 0 heterocycles. The quantitative estimate of drug-likeness (QED) is 0.790. The lowest BCUT2D eigenvalue weighted by Gasteiger charge is -2.55. The van der Waals surface area contributed by atoms with Gasteiger partial charge in [-0.3, -0.25) is 4.79 Å². The van der Waals surface area contributed by atoms with Gasteiger partial charge < -0.3 is 11.1 Å². The Bertz CT molecular complexity index is 353. The number of rotatable bonds is 6. The second kappa shape index (κ2) is 5.91. The summed E-state index contributed by atoms with van der Waals surface area (Å²) in [5.41, 5.74) is 6.24. The van der Waals surface area contributed by atoms with E-state index in [0.29, 0.717) is 18.4 Å². The van der Waals surface area contributed by atoms with Crippen LogP contribution in [0.5, 0.6) is 0 Å². The van der Waals surface area contributed by atoms with Crippen molar-refractivity contribution in [3.63, 3.8) is 0 Å². The first-order chi connectivity index (χ1) is 10.1. The van der Waals surface area contributed by atoms with Gasteiger partial charge in [0.1, 0.15) is 0 Å². The maximum Gasteiger partial charge on any atom is 0.226 e. The smallest absolute Gasteiger partial charge is 0.226 e. The SMILES string of the molecule is CCC(CC)C(N)CNC(=O)C12CC3CC(CC(C3)C1)C2. The van der Waals surface area contributed by atoms with Gasteiger partial charge in [0.05, 0.1) is 0 Å². The zero-order valence-electron chi connectivity index (χ0n) is 13.7. The van der Waals surface area contributed by atoms with Gasteiger partial charge in [-0.05, 0) is 62.2 Å². The molecule has 120 valence electrons. The van der Waals surface area contributed by atoms with Crippen LogP contribution >= 0.6 is 0 Å². The number of amides is 1.